The fourth-order valence-corrected chi connectivity index (χ4v) is 2.89. The zero-order chi connectivity index (χ0) is 13.0. The summed E-state index contributed by atoms with van der Waals surface area (Å²) in [6, 6.07) is 2.97. The Hall–Kier alpha value is -1.18. The Morgan fingerprint density at radius 1 is 1.56 bits per heavy atom. The molecule has 1 aromatic heterocycles. The van der Waals surface area contributed by atoms with Gasteiger partial charge in [0.2, 0.25) is 10.0 Å². The number of anilines is 1. The van der Waals surface area contributed by atoms with E-state index in [1.165, 1.54) is 18.3 Å². The van der Waals surface area contributed by atoms with E-state index < -0.39 is 10.0 Å². The fourth-order valence-electron chi connectivity index (χ4n) is 1.81. The van der Waals surface area contributed by atoms with Gasteiger partial charge in [-0.15, -0.1) is 0 Å². The largest absolute Gasteiger partial charge is 0.377 e. The number of nitrogens with zero attached hydrogens (tertiary/aromatic N) is 1. The summed E-state index contributed by atoms with van der Waals surface area (Å²) in [5.41, 5.74) is 0. The van der Waals surface area contributed by atoms with E-state index >= 15 is 0 Å². The van der Waals surface area contributed by atoms with Crippen molar-refractivity contribution in [2.24, 2.45) is 0 Å². The van der Waals surface area contributed by atoms with Gasteiger partial charge in [-0.1, -0.05) is 0 Å². The van der Waals surface area contributed by atoms with Gasteiger partial charge in [0, 0.05) is 32.5 Å². The molecule has 0 amide bonds. The fraction of sp³-hybridized carbons (Fsp3) is 0.545. The normalized spacial score (nSPS) is 19.9. The number of pyridine rings is 1. The van der Waals surface area contributed by atoms with Crippen molar-refractivity contribution in [3.63, 3.8) is 0 Å². The van der Waals surface area contributed by atoms with Gasteiger partial charge in [-0.25, -0.2) is 18.1 Å². The van der Waals surface area contributed by atoms with Gasteiger partial charge in [0.25, 0.3) is 0 Å². The minimum Gasteiger partial charge on any atom is -0.377 e. The highest BCUT2D eigenvalue weighted by molar-refractivity contribution is 7.89. The number of aromatic nitrogens is 1. The van der Waals surface area contributed by atoms with Crippen molar-refractivity contribution in [2.75, 3.05) is 25.5 Å². The van der Waals surface area contributed by atoms with E-state index in [0.717, 1.165) is 12.8 Å². The Kier molecular flexibility index (Phi) is 4.15. The van der Waals surface area contributed by atoms with Crippen LogP contribution in [0.4, 0.5) is 5.82 Å². The molecule has 1 unspecified atom stereocenters. The highest BCUT2D eigenvalue weighted by Crippen LogP contribution is 2.14. The van der Waals surface area contributed by atoms with Gasteiger partial charge in [0.1, 0.15) is 5.82 Å². The Labute approximate surface area is 107 Å². The summed E-state index contributed by atoms with van der Waals surface area (Å²) < 4.78 is 32.0. The Bertz CT molecular complexity index is 498. The molecule has 1 aliphatic heterocycles. The zero-order valence-electron chi connectivity index (χ0n) is 10.2. The van der Waals surface area contributed by atoms with E-state index in [2.05, 4.69) is 15.0 Å². The number of ether oxygens (including phenoxy) is 1. The summed E-state index contributed by atoms with van der Waals surface area (Å²) >= 11 is 0. The lowest BCUT2D eigenvalue weighted by Gasteiger charge is -2.11. The molecule has 18 heavy (non-hydrogen) atoms. The molecule has 1 aliphatic rings. The predicted octanol–water partition coefficient (Wildman–Crippen LogP) is 0.581. The molecular formula is C11H17N3O3S. The SMILES string of the molecule is CNc1cc(S(=O)(=O)NCC2CCCO2)ccn1. The van der Waals surface area contributed by atoms with E-state index in [1.54, 1.807) is 7.05 Å². The monoisotopic (exact) mass is 271 g/mol. The molecule has 1 fully saturated rings. The van der Waals surface area contributed by atoms with Gasteiger partial charge in [0.05, 0.1) is 11.0 Å². The van der Waals surface area contributed by atoms with Crippen LogP contribution >= 0.6 is 0 Å². The Morgan fingerprint density at radius 2 is 2.39 bits per heavy atom. The van der Waals surface area contributed by atoms with E-state index in [-0.39, 0.29) is 11.0 Å². The first-order valence-electron chi connectivity index (χ1n) is 5.87. The van der Waals surface area contributed by atoms with Crippen LogP contribution in [0.2, 0.25) is 0 Å². The average molecular weight is 271 g/mol. The Balaban J connectivity index is 2.04. The first kappa shape index (κ1) is 13.3. The second-order valence-electron chi connectivity index (χ2n) is 4.11. The van der Waals surface area contributed by atoms with E-state index in [4.69, 9.17) is 4.74 Å². The minimum absolute atomic E-state index is 0.00890. The molecule has 2 N–H and O–H groups in total. The molecule has 2 heterocycles. The lowest BCUT2D eigenvalue weighted by atomic mass is 10.2. The summed E-state index contributed by atoms with van der Waals surface area (Å²) in [4.78, 5) is 4.19. The molecule has 0 aromatic carbocycles. The maximum absolute atomic E-state index is 12.0. The van der Waals surface area contributed by atoms with Crippen molar-refractivity contribution in [1.82, 2.24) is 9.71 Å². The van der Waals surface area contributed by atoms with Crippen LogP contribution in [0.1, 0.15) is 12.8 Å². The molecule has 0 bridgehead atoms. The molecule has 2 rings (SSSR count). The Morgan fingerprint density at radius 3 is 3.06 bits per heavy atom. The minimum atomic E-state index is -3.49. The third-order valence-corrected chi connectivity index (χ3v) is 4.24. The lowest BCUT2D eigenvalue weighted by Crippen LogP contribution is -2.31. The molecular weight excluding hydrogens is 254 g/mol. The quantitative estimate of drug-likeness (QED) is 0.819. The summed E-state index contributed by atoms with van der Waals surface area (Å²) in [5, 5.41) is 2.81. The van der Waals surface area contributed by atoms with Crippen LogP contribution in [0.3, 0.4) is 0 Å². The van der Waals surface area contributed by atoms with Crippen molar-refractivity contribution in [2.45, 2.75) is 23.8 Å². The number of hydrogen-bond acceptors (Lipinski definition) is 5. The third kappa shape index (κ3) is 3.18. The first-order valence-corrected chi connectivity index (χ1v) is 7.35. The summed E-state index contributed by atoms with van der Waals surface area (Å²) in [5.74, 6) is 0.523. The second kappa shape index (κ2) is 5.64. The molecule has 0 aliphatic carbocycles. The van der Waals surface area contributed by atoms with Gasteiger partial charge in [0.15, 0.2) is 0 Å². The second-order valence-corrected chi connectivity index (χ2v) is 5.88. The maximum Gasteiger partial charge on any atom is 0.240 e. The van der Waals surface area contributed by atoms with Gasteiger partial charge >= 0.3 is 0 Å². The third-order valence-electron chi connectivity index (χ3n) is 2.82. The van der Waals surface area contributed by atoms with Crippen molar-refractivity contribution in [3.8, 4) is 0 Å². The molecule has 7 heteroatoms. The maximum atomic E-state index is 12.0. The van der Waals surface area contributed by atoms with E-state index in [1.807, 2.05) is 0 Å². The molecule has 100 valence electrons. The average Bonchev–Trinajstić information content (AvgIpc) is 2.90. The molecule has 0 radical (unpaired) electrons. The van der Waals surface area contributed by atoms with Crippen LogP contribution in [0.25, 0.3) is 0 Å². The van der Waals surface area contributed by atoms with Crippen molar-refractivity contribution in [3.05, 3.63) is 18.3 Å². The highest BCUT2D eigenvalue weighted by atomic mass is 32.2. The molecule has 1 saturated heterocycles. The predicted molar refractivity (Wildman–Crippen MR) is 67.9 cm³/mol. The van der Waals surface area contributed by atoms with Crippen LogP contribution < -0.4 is 10.0 Å². The zero-order valence-corrected chi connectivity index (χ0v) is 11.0. The molecule has 6 nitrogen and oxygen atoms in total. The van der Waals surface area contributed by atoms with E-state index in [9.17, 15) is 8.42 Å². The van der Waals surface area contributed by atoms with Crippen LogP contribution in [0, 0.1) is 0 Å². The molecule has 0 spiro atoms. The number of hydrogen-bond donors (Lipinski definition) is 2. The van der Waals surface area contributed by atoms with Crippen LogP contribution in [0.5, 0.6) is 0 Å². The number of rotatable bonds is 5. The van der Waals surface area contributed by atoms with Crippen molar-refractivity contribution in [1.29, 1.82) is 0 Å². The van der Waals surface area contributed by atoms with Crippen LogP contribution in [-0.2, 0) is 14.8 Å². The smallest absolute Gasteiger partial charge is 0.240 e. The molecule has 1 aromatic rings. The summed E-state index contributed by atoms with van der Waals surface area (Å²) in [6.45, 7) is 1.03. The van der Waals surface area contributed by atoms with Gasteiger partial charge in [-0.2, -0.15) is 0 Å². The lowest BCUT2D eigenvalue weighted by molar-refractivity contribution is 0.114. The number of sulfonamides is 1. The summed E-state index contributed by atoms with van der Waals surface area (Å²) in [6.07, 6.45) is 3.35. The summed E-state index contributed by atoms with van der Waals surface area (Å²) in [7, 11) is -1.80. The number of nitrogens with one attached hydrogen (secondary N) is 2. The topological polar surface area (TPSA) is 80.3 Å². The van der Waals surface area contributed by atoms with Gasteiger partial charge < -0.3 is 10.1 Å². The molecule has 1 atom stereocenters. The van der Waals surface area contributed by atoms with Crippen molar-refractivity contribution < 1.29 is 13.2 Å². The van der Waals surface area contributed by atoms with E-state index in [0.29, 0.717) is 19.0 Å². The van der Waals surface area contributed by atoms with Gasteiger partial charge in [-0.05, 0) is 18.9 Å². The highest BCUT2D eigenvalue weighted by Gasteiger charge is 2.20. The molecule has 0 saturated carbocycles. The standard InChI is InChI=1S/C11H17N3O3S/c1-12-11-7-10(4-5-13-11)18(15,16)14-8-9-3-2-6-17-9/h4-5,7,9,14H,2-3,6,8H2,1H3,(H,12,13). The van der Waals surface area contributed by atoms with Crippen LogP contribution in [-0.4, -0.2) is 39.7 Å². The van der Waals surface area contributed by atoms with Gasteiger partial charge in [-0.3, -0.25) is 0 Å². The first-order chi connectivity index (χ1) is 8.62. The van der Waals surface area contributed by atoms with Crippen LogP contribution in [0.15, 0.2) is 23.2 Å². The van der Waals surface area contributed by atoms with Crippen molar-refractivity contribution >= 4 is 15.8 Å².